The number of nitrogens with zero attached hydrogens (tertiary/aromatic N) is 1. The Balaban J connectivity index is 3.38. The van der Waals surface area contributed by atoms with Crippen molar-refractivity contribution in [3.8, 4) is 5.75 Å². The molecule has 0 aliphatic rings. The van der Waals surface area contributed by atoms with Crippen LogP contribution in [-0.4, -0.2) is 17.3 Å². The van der Waals surface area contributed by atoms with Gasteiger partial charge < -0.3 is 10.5 Å². The van der Waals surface area contributed by atoms with Gasteiger partial charge in [0.05, 0.1) is 10.5 Å². The third kappa shape index (κ3) is 2.65. The molecular formula is C9H8F2N2O4. The molecule has 2 N–H and O–H groups in total. The Morgan fingerprint density at radius 1 is 1.53 bits per heavy atom. The van der Waals surface area contributed by atoms with E-state index < -0.39 is 34.4 Å². The number of Topliss-reactive ketones (excluding diaryl/α,β-unsaturated/α-hetero) is 1. The Labute approximate surface area is 94.1 Å². The molecule has 0 radical (unpaired) electrons. The van der Waals surface area contributed by atoms with Gasteiger partial charge in [-0.25, -0.2) is 0 Å². The predicted octanol–water partition coefficient (Wildman–Crippen LogP) is 1.98. The van der Waals surface area contributed by atoms with Crippen molar-refractivity contribution in [2.24, 2.45) is 0 Å². The van der Waals surface area contributed by atoms with Crippen LogP contribution in [0.15, 0.2) is 12.1 Å². The number of alkyl halides is 2. The first-order chi connectivity index (χ1) is 7.84. The highest BCUT2D eigenvalue weighted by atomic mass is 19.3. The van der Waals surface area contributed by atoms with E-state index in [0.29, 0.717) is 0 Å². The Morgan fingerprint density at radius 3 is 2.53 bits per heavy atom. The summed E-state index contributed by atoms with van der Waals surface area (Å²) >= 11 is 0. The van der Waals surface area contributed by atoms with Gasteiger partial charge in [0.15, 0.2) is 17.2 Å². The van der Waals surface area contributed by atoms with Crippen LogP contribution in [0.5, 0.6) is 5.75 Å². The highest BCUT2D eigenvalue weighted by Crippen LogP contribution is 2.35. The van der Waals surface area contributed by atoms with Crippen LogP contribution < -0.4 is 10.5 Å². The summed E-state index contributed by atoms with van der Waals surface area (Å²) in [4.78, 5) is 20.9. The van der Waals surface area contributed by atoms with Gasteiger partial charge in [0.25, 0.3) is 0 Å². The Hall–Kier alpha value is -2.25. The summed E-state index contributed by atoms with van der Waals surface area (Å²) < 4.78 is 28.0. The molecule has 1 rings (SSSR count). The van der Waals surface area contributed by atoms with Crippen molar-refractivity contribution in [2.45, 2.75) is 13.5 Å². The fraction of sp³-hybridized carbons (Fsp3) is 0.222. The normalized spacial score (nSPS) is 10.4. The van der Waals surface area contributed by atoms with Crippen LogP contribution in [0.3, 0.4) is 0 Å². The molecular weight excluding hydrogens is 238 g/mol. The van der Waals surface area contributed by atoms with Gasteiger partial charge in [-0.05, 0) is 19.1 Å². The third-order valence-corrected chi connectivity index (χ3v) is 1.95. The number of hydrogen-bond donors (Lipinski definition) is 1. The molecule has 1 aromatic rings. The molecule has 0 saturated heterocycles. The molecule has 0 spiro atoms. The molecule has 17 heavy (non-hydrogen) atoms. The minimum atomic E-state index is -3.15. The second kappa shape index (κ2) is 4.73. The number of nitrogen functional groups attached to an aromatic ring is 1. The highest BCUT2D eigenvalue weighted by molar-refractivity contribution is 6.01. The number of nitrogens with two attached hydrogens (primary N) is 1. The molecule has 0 aliphatic heterocycles. The van der Waals surface area contributed by atoms with Crippen LogP contribution in [0.25, 0.3) is 0 Å². The average molecular weight is 246 g/mol. The number of halogens is 2. The van der Waals surface area contributed by atoms with Crippen LogP contribution in [0.4, 0.5) is 20.2 Å². The summed E-state index contributed by atoms with van der Waals surface area (Å²) in [5.41, 5.74) is 3.74. The fourth-order valence-electron chi connectivity index (χ4n) is 1.27. The smallest absolute Gasteiger partial charge is 0.387 e. The summed E-state index contributed by atoms with van der Waals surface area (Å²) in [7, 11) is 0. The van der Waals surface area contributed by atoms with Crippen LogP contribution in [0, 0.1) is 10.1 Å². The highest BCUT2D eigenvalue weighted by Gasteiger charge is 2.25. The van der Waals surface area contributed by atoms with E-state index in [1.165, 1.54) is 0 Å². The number of nitro groups is 1. The molecule has 0 fully saturated rings. The molecule has 92 valence electrons. The lowest BCUT2D eigenvalue weighted by Gasteiger charge is -2.09. The molecule has 0 saturated carbocycles. The van der Waals surface area contributed by atoms with E-state index in [9.17, 15) is 23.7 Å². The molecule has 0 heterocycles. The van der Waals surface area contributed by atoms with Crippen LogP contribution in [0.2, 0.25) is 0 Å². The van der Waals surface area contributed by atoms with Crippen molar-refractivity contribution in [3.63, 3.8) is 0 Å². The number of carbonyl (C=O) groups excluding carboxylic acids is 1. The van der Waals surface area contributed by atoms with Gasteiger partial charge in [-0.3, -0.25) is 14.9 Å². The number of nitro benzene ring substituents is 1. The third-order valence-electron chi connectivity index (χ3n) is 1.95. The van der Waals surface area contributed by atoms with E-state index in [1.807, 2.05) is 0 Å². The predicted molar refractivity (Wildman–Crippen MR) is 54.1 cm³/mol. The first kappa shape index (κ1) is 12.8. The Bertz CT molecular complexity index is 476. The molecule has 0 aromatic heterocycles. The molecule has 6 nitrogen and oxygen atoms in total. The van der Waals surface area contributed by atoms with Crippen LogP contribution in [0.1, 0.15) is 17.3 Å². The van der Waals surface area contributed by atoms with Gasteiger partial charge in [0, 0.05) is 0 Å². The fourth-order valence-corrected chi connectivity index (χ4v) is 1.27. The van der Waals surface area contributed by atoms with Gasteiger partial charge in [-0.1, -0.05) is 0 Å². The number of ether oxygens (including phenoxy) is 1. The van der Waals surface area contributed by atoms with Crippen molar-refractivity contribution in [1.29, 1.82) is 0 Å². The molecule has 0 unspecified atom stereocenters. The standard InChI is InChI=1S/C9H8F2N2O4/c1-4(14)5-2-3-6(17-9(10)11)7(12)8(5)13(15)16/h2-3,9H,12H2,1H3. The second-order valence-corrected chi connectivity index (χ2v) is 3.07. The van der Waals surface area contributed by atoms with Crippen molar-refractivity contribution >= 4 is 17.2 Å². The maximum atomic E-state index is 12.0. The SMILES string of the molecule is CC(=O)c1ccc(OC(F)F)c(N)c1[N+](=O)[O-]. The zero-order valence-corrected chi connectivity index (χ0v) is 8.65. The maximum absolute atomic E-state index is 12.0. The first-order valence-electron chi connectivity index (χ1n) is 4.37. The number of rotatable bonds is 4. The molecule has 0 aliphatic carbocycles. The summed E-state index contributed by atoms with van der Waals surface area (Å²) in [6.45, 7) is -2.05. The summed E-state index contributed by atoms with van der Waals surface area (Å²) in [5, 5.41) is 10.7. The number of carbonyl (C=O) groups is 1. The summed E-state index contributed by atoms with van der Waals surface area (Å²) in [6.07, 6.45) is 0. The molecule has 8 heteroatoms. The largest absolute Gasteiger partial charge is 0.432 e. The van der Waals surface area contributed by atoms with Gasteiger partial charge in [-0.2, -0.15) is 8.78 Å². The zero-order chi connectivity index (χ0) is 13.2. The van der Waals surface area contributed by atoms with E-state index in [0.717, 1.165) is 19.1 Å². The number of anilines is 1. The van der Waals surface area contributed by atoms with Gasteiger partial charge in [0.1, 0.15) is 0 Å². The zero-order valence-electron chi connectivity index (χ0n) is 8.65. The van der Waals surface area contributed by atoms with Crippen molar-refractivity contribution in [2.75, 3.05) is 5.73 Å². The van der Waals surface area contributed by atoms with Crippen molar-refractivity contribution in [3.05, 3.63) is 27.8 Å². The first-order valence-corrected chi connectivity index (χ1v) is 4.37. The summed E-state index contributed by atoms with van der Waals surface area (Å²) in [5.74, 6) is -1.12. The lowest BCUT2D eigenvalue weighted by atomic mass is 10.1. The van der Waals surface area contributed by atoms with Crippen molar-refractivity contribution in [1.82, 2.24) is 0 Å². The Morgan fingerprint density at radius 2 is 2.12 bits per heavy atom. The molecule has 1 aromatic carbocycles. The monoisotopic (exact) mass is 246 g/mol. The lowest BCUT2D eigenvalue weighted by Crippen LogP contribution is -2.09. The second-order valence-electron chi connectivity index (χ2n) is 3.07. The minimum absolute atomic E-state index is 0.255. The Kier molecular flexibility index (Phi) is 3.56. The van der Waals surface area contributed by atoms with Gasteiger partial charge >= 0.3 is 12.3 Å². The molecule has 0 amide bonds. The molecule has 0 atom stereocenters. The minimum Gasteiger partial charge on any atom is -0.432 e. The van der Waals surface area contributed by atoms with E-state index in [2.05, 4.69) is 4.74 Å². The van der Waals surface area contributed by atoms with Crippen molar-refractivity contribution < 1.29 is 23.2 Å². The topological polar surface area (TPSA) is 95.5 Å². The average Bonchev–Trinajstić information content (AvgIpc) is 2.19. The van der Waals surface area contributed by atoms with E-state index in [-0.39, 0.29) is 5.56 Å². The van der Waals surface area contributed by atoms with Crippen LogP contribution in [-0.2, 0) is 0 Å². The van der Waals surface area contributed by atoms with E-state index in [4.69, 9.17) is 5.73 Å². The van der Waals surface area contributed by atoms with E-state index in [1.54, 1.807) is 0 Å². The maximum Gasteiger partial charge on any atom is 0.387 e. The number of ketones is 1. The number of benzene rings is 1. The summed E-state index contributed by atoms with van der Waals surface area (Å²) in [6, 6.07) is 2.01. The lowest BCUT2D eigenvalue weighted by molar-refractivity contribution is -0.384. The number of hydrogen-bond acceptors (Lipinski definition) is 5. The van der Waals surface area contributed by atoms with Gasteiger partial charge in [0.2, 0.25) is 0 Å². The quantitative estimate of drug-likeness (QED) is 0.379. The van der Waals surface area contributed by atoms with Gasteiger partial charge in [-0.15, -0.1) is 0 Å². The van der Waals surface area contributed by atoms with E-state index >= 15 is 0 Å². The van der Waals surface area contributed by atoms with Crippen LogP contribution >= 0.6 is 0 Å². The molecule has 0 bridgehead atoms.